The number of carbonyl (C=O) groups is 1. The van der Waals surface area contributed by atoms with Crippen molar-refractivity contribution >= 4 is 23.4 Å². The van der Waals surface area contributed by atoms with Gasteiger partial charge in [-0.25, -0.2) is 0 Å². The quantitative estimate of drug-likeness (QED) is 0.120. The van der Waals surface area contributed by atoms with Crippen molar-refractivity contribution in [3.63, 3.8) is 0 Å². The molecule has 0 heterocycles. The topological polar surface area (TPSA) is 114 Å². The maximum Gasteiger partial charge on any atom is 0.271 e. The molecule has 0 aliphatic heterocycles. The molecule has 0 fully saturated rings. The smallest absolute Gasteiger partial charge is 0.271 e. The van der Waals surface area contributed by atoms with Gasteiger partial charge in [0.2, 0.25) is 0 Å². The molecule has 3 aromatic carbocycles. The molecule has 0 bridgehead atoms. The van der Waals surface area contributed by atoms with E-state index in [0.29, 0.717) is 36.7 Å². The lowest BCUT2D eigenvalue weighted by Crippen LogP contribution is -2.13. The molecule has 8 nitrogen and oxygen atoms in total. The summed E-state index contributed by atoms with van der Waals surface area (Å²) in [5, 5.41) is 23.2. The van der Waals surface area contributed by atoms with Crippen LogP contribution in [0, 0.1) is 21.4 Å². The van der Waals surface area contributed by atoms with Crippen molar-refractivity contribution in [1.29, 1.82) is 5.26 Å². The van der Waals surface area contributed by atoms with Crippen molar-refractivity contribution < 1.29 is 19.2 Å². The largest absolute Gasteiger partial charge is 0.490 e. The second kappa shape index (κ2) is 12.5. The molecular weight excluding hydrogens is 458 g/mol. The lowest BCUT2D eigenvalue weighted by molar-refractivity contribution is -0.384. The van der Waals surface area contributed by atoms with Crippen LogP contribution in [0.1, 0.15) is 23.6 Å². The van der Waals surface area contributed by atoms with E-state index in [-0.39, 0.29) is 16.9 Å². The number of amides is 1. The van der Waals surface area contributed by atoms with E-state index in [2.05, 4.69) is 11.9 Å². The van der Waals surface area contributed by atoms with Crippen LogP contribution in [0.2, 0.25) is 0 Å². The van der Waals surface area contributed by atoms with E-state index < -0.39 is 10.8 Å². The van der Waals surface area contributed by atoms with Crippen molar-refractivity contribution in [3.8, 4) is 17.6 Å². The van der Waals surface area contributed by atoms with Crippen LogP contribution in [0.15, 0.2) is 85.0 Å². The van der Waals surface area contributed by atoms with Crippen molar-refractivity contribution in [1.82, 2.24) is 0 Å². The molecule has 0 spiro atoms. The molecule has 0 aliphatic carbocycles. The van der Waals surface area contributed by atoms with Crippen molar-refractivity contribution in [2.45, 2.75) is 20.0 Å². The molecule has 0 aliphatic rings. The van der Waals surface area contributed by atoms with Gasteiger partial charge in [-0.15, -0.1) is 6.58 Å². The molecule has 36 heavy (non-hydrogen) atoms. The number of nitrogens with one attached hydrogen (secondary N) is 1. The zero-order chi connectivity index (χ0) is 25.9. The summed E-state index contributed by atoms with van der Waals surface area (Å²) in [7, 11) is 0. The van der Waals surface area contributed by atoms with Crippen LogP contribution in [0.4, 0.5) is 11.4 Å². The van der Waals surface area contributed by atoms with Crippen LogP contribution in [0.3, 0.4) is 0 Å². The number of hydrogen-bond acceptors (Lipinski definition) is 6. The maximum absolute atomic E-state index is 12.7. The molecular formula is C28H25N3O5. The van der Waals surface area contributed by atoms with Gasteiger partial charge in [0.05, 0.1) is 11.5 Å². The van der Waals surface area contributed by atoms with Crippen molar-refractivity contribution in [2.24, 2.45) is 0 Å². The third-order valence-corrected chi connectivity index (χ3v) is 5.04. The van der Waals surface area contributed by atoms with E-state index in [1.807, 2.05) is 49.4 Å². The number of hydrogen-bond donors (Lipinski definition) is 1. The van der Waals surface area contributed by atoms with Crippen LogP contribution < -0.4 is 14.8 Å². The Balaban J connectivity index is 1.92. The highest BCUT2D eigenvalue weighted by Crippen LogP contribution is 2.35. The Kier molecular flexibility index (Phi) is 8.95. The Hall–Kier alpha value is -4.90. The first-order valence-corrected chi connectivity index (χ1v) is 11.2. The van der Waals surface area contributed by atoms with Crippen molar-refractivity contribution in [3.05, 3.63) is 112 Å². The van der Waals surface area contributed by atoms with Crippen LogP contribution in [-0.4, -0.2) is 17.4 Å². The van der Waals surface area contributed by atoms with Gasteiger partial charge in [-0.05, 0) is 48.7 Å². The average Bonchev–Trinajstić information content (AvgIpc) is 2.88. The van der Waals surface area contributed by atoms with Crippen molar-refractivity contribution in [2.75, 3.05) is 11.9 Å². The number of allylic oxidation sites excluding steroid dienone is 1. The highest BCUT2D eigenvalue weighted by atomic mass is 16.6. The predicted molar refractivity (Wildman–Crippen MR) is 138 cm³/mol. The number of anilines is 1. The molecule has 1 amide bonds. The minimum absolute atomic E-state index is 0.170. The van der Waals surface area contributed by atoms with Crippen LogP contribution in [0.25, 0.3) is 6.08 Å². The van der Waals surface area contributed by atoms with Gasteiger partial charge in [-0.3, -0.25) is 14.9 Å². The van der Waals surface area contributed by atoms with Crippen LogP contribution >= 0.6 is 0 Å². The number of non-ortho nitro benzene ring substituents is 1. The molecule has 0 saturated heterocycles. The summed E-state index contributed by atoms with van der Waals surface area (Å²) in [6, 6.07) is 20.6. The summed E-state index contributed by atoms with van der Waals surface area (Å²) in [6.07, 6.45) is 3.64. The molecule has 0 aromatic heterocycles. The minimum atomic E-state index is -0.689. The van der Waals surface area contributed by atoms with Gasteiger partial charge in [0, 0.05) is 23.4 Å². The summed E-state index contributed by atoms with van der Waals surface area (Å²) in [5.41, 5.74) is 2.21. The Morgan fingerprint density at radius 2 is 1.92 bits per heavy atom. The van der Waals surface area contributed by atoms with Gasteiger partial charge in [-0.1, -0.05) is 42.5 Å². The standard InChI is InChI=1S/C28H25N3O5/c1-3-9-22-14-21(16-26(35-4-2)27(22)36-19-20-10-6-5-7-11-20)15-23(18-29)28(32)30-24-12-8-13-25(17-24)31(33)34/h3,5-8,10-17H,1,4,9,19H2,2H3,(H,30,32)/b23-15+. The fraction of sp³-hybridized carbons (Fsp3) is 0.143. The first-order valence-electron chi connectivity index (χ1n) is 11.2. The number of nitriles is 1. The normalized spacial score (nSPS) is 10.7. The summed E-state index contributed by atoms with van der Waals surface area (Å²) < 4.78 is 11.9. The summed E-state index contributed by atoms with van der Waals surface area (Å²) >= 11 is 0. The summed E-state index contributed by atoms with van der Waals surface area (Å²) in [6.45, 7) is 6.40. The fourth-order valence-corrected chi connectivity index (χ4v) is 3.44. The molecule has 0 saturated carbocycles. The number of benzene rings is 3. The van der Waals surface area contributed by atoms with Gasteiger partial charge < -0.3 is 14.8 Å². The average molecular weight is 484 g/mol. The van der Waals surface area contributed by atoms with E-state index in [0.717, 1.165) is 11.1 Å². The van der Waals surface area contributed by atoms with Gasteiger partial charge in [0.1, 0.15) is 18.2 Å². The maximum atomic E-state index is 12.7. The van der Waals surface area contributed by atoms with Gasteiger partial charge >= 0.3 is 0 Å². The Labute approximate surface area is 209 Å². The first kappa shape index (κ1) is 25.7. The van der Waals surface area contributed by atoms with Crippen LogP contribution in [-0.2, 0) is 17.8 Å². The fourth-order valence-electron chi connectivity index (χ4n) is 3.44. The third kappa shape index (κ3) is 6.81. The van der Waals surface area contributed by atoms with E-state index in [1.54, 1.807) is 12.1 Å². The summed E-state index contributed by atoms with van der Waals surface area (Å²) in [4.78, 5) is 23.2. The van der Waals surface area contributed by atoms with Gasteiger partial charge in [0.15, 0.2) is 11.5 Å². The highest BCUT2D eigenvalue weighted by molar-refractivity contribution is 6.09. The molecule has 0 unspecified atom stereocenters. The molecule has 0 radical (unpaired) electrons. The van der Waals surface area contributed by atoms with Gasteiger partial charge in [-0.2, -0.15) is 5.26 Å². The first-order chi connectivity index (χ1) is 17.4. The molecule has 3 aromatic rings. The molecule has 182 valence electrons. The monoisotopic (exact) mass is 483 g/mol. The second-order valence-electron chi connectivity index (χ2n) is 7.64. The predicted octanol–water partition coefficient (Wildman–Crippen LogP) is 5.85. The van der Waals surface area contributed by atoms with E-state index >= 15 is 0 Å². The Morgan fingerprint density at radius 1 is 1.14 bits per heavy atom. The lowest BCUT2D eigenvalue weighted by Gasteiger charge is -2.17. The lowest BCUT2D eigenvalue weighted by atomic mass is 10.0. The number of ether oxygens (including phenoxy) is 2. The number of nitrogens with zero attached hydrogens (tertiary/aromatic N) is 2. The number of nitro groups is 1. The van der Waals surface area contributed by atoms with E-state index in [4.69, 9.17) is 9.47 Å². The van der Waals surface area contributed by atoms with E-state index in [9.17, 15) is 20.2 Å². The Bertz CT molecular complexity index is 1330. The summed E-state index contributed by atoms with van der Waals surface area (Å²) in [5.74, 6) is 0.360. The zero-order valence-corrected chi connectivity index (χ0v) is 19.8. The number of rotatable bonds is 11. The SMILES string of the molecule is C=CCc1cc(/C=C(\C#N)C(=O)Nc2cccc([N+](=O)[O-])c2)cc(OCC)c1OCc1ccccc1. The zero-order valence-electron chi connectivity index (χ0n) is 19.8. The number of nitro benzene ring substituents is 1. The second-order valence-corrected chi connectivity index (χ2v) is 7.64. The molecule has 0 atom stereocenters. The molecule has 8 heteroatoms. The molecule has 1 N–H and O–H groups in total. The minimum Gasteiger partial charge on any atom is -0.490 e. The Morgan fingerprint density at radius 3 is 2.58 bits per heavy atom. The number of carbonyl (C=O) groups excluding carboxylic acids is 1. The van der Waals surface area contributed by atoms with E-state index in [1.165, 1.54) is 30.3 Å². The third-order valence-electron chi connectivity index (χ3n) is 5.04. The van der Waals surface area contributed by atoms with Gasteiger partial charge in [0.25, 0.3) is 11.6 Å². The molecule has 3 rings (SSSR count). The van der Waals surface area contributed by atoms with Crippen LogP contribution in [0.5, 0.6) is 11.5 Å². The highest BCUT2D eigenvalue weighted by Gasteiger charge is 2.16.